The quantitative estimate of drug-likeness (QED) is 0.608. The van der Waals surface area contributed by atoms with Crippen LogP contribution in [0.5, 0.6) is 11.6 Å². The van der Waals surface area contributed by atoms with E-state index in [-0.39, 0.29) is 11.7 Å². The molecule has 0 fully saturated rings. The summed E-state index contributed by atoms with van der Waals surface area (Å²) in [5.74, 6) is 5.91. The highest BCUT2D eigenvalue weighted by Gasteiger charge is 2.05. The van der Waals surface area contributed by atoms with Crippen molar-refractivity contribution in [2.24, 2.45) is 5.84 Å². The van der Waals surface area contributed by atoms with Gasteiger partial charge in [-0.3, -0.25) is 0 Å². The molecule has 0 unspecified atom stereocenters. The monoisotopic (exact) mass is 220 g/mol. The molecule has 0 radical (unpaired) electrons. The third-order valence-corrected chi connectivity index (χ3v) is 1.83. The lowest BCUT2D eigenvalue weighted by Gasteiger charge is -2.07. The Morgan fingerprint density at radius 1 is 1.12 bits per heavy atom. The van der Waals surface area contributed by atoms with E-state index in [4.69, 9.17) is 10.6 Å². The van der Waals surface area contributed by atoms with Gasteiger partial charge in [-0.2, -0.15) is 0 Å². The SMILES string of the molecule is NNc1nccnc1Oc1ccc(F)cc1. The minimum Gasteiger partial charge on any atom is -0.436 e. The van der Waals surface area contributed by atoms with Gasteiger partial charge in [-0.25, -0.2) is 20.2 Å². The summed E-state index contributed by atoms with van der Waals surface area (Å²) < 4.78 is 18.0. The van der Waals surface area contributed by atoms with E-state index in [9.17, 15) is 4.39 Å². The van der Waals surface area contributed by atoms with Gasteiger partial charge in [0.15, 0.2) is 0 Å². The van der Waals surface area contributed by atoms with Gasteiger partial charge in [0, 0.05) is 12.4 Å². The van der Waals surface area contributed by atoms with Crippen LogP contribution in [0.15, 0.2) is 36.7 Å². The second-order valence-electron chi connectivity index (χ2n) is 2.91. The van der Waals surface area contributed by atoms with Gasteiger partial charge in [-0.1, -0.05) is 0 Å². The minimum atomic E-state index is -0.330. The van der Waals surface area contributed by atoms with E-state index in [1.54, 1.807) is 0 Å². The summed E-state index contributed by atoms with van der Waals surface area (Å²) in [4.78, 5) is 7.86. The number of rotatable bonds is 3. The molecule has 0 spiro atoms. The van der Waals surface area contributed by atoms with Crippen LogP contribution in [-0.2, 0) is 0 Å². The molecule has 0 amide bonds. The fourth-order valence-electron chi connectivity index (χ4n) is 1.11. The van der Waals surface area contributed by atoms with E-state index in [1.165, 1.54) is 36.7 Å². The van der Waals surface area contributed by atoms with Gasteiger partial charge >= 0.3 is 0 Å². The maximum absolute atomic E-state index is 12.7. The molecule has 0 saturated heterocycles. The average Bonchev–Trinajstić information content (AvgIpc) is 2.33. The number of nitrogens with zero attached hydrogens (tertiary/aromatic N) is 2. The average molecular weight is 220 g/mol. The lowest BCUT2D eigenvalue weighted by atomic mass is 10.3. The first-order valence-corrected chi connectivity index (χ1v) is 4.50. The topological polar surface area (TPSA) is 73.1 Å². The zero-order valence-corrected chi connectivity index (χ0v) is 8.22. The summed E-state index contributed by atoms with van der Waals surface area (Å²) in [5, 5.41) is 0. The molecule has 6 heteroatoms. The summed E-state index contributed by atoms with van der Waals surface area (Å²) in [5.41, 5.74) is 2.35. The Hall–Kier alpha value is -2.21. The van der Waals surface area contributed by atoms with Crippen molar-refractivity contribution >= 4 is 5.82 Å². The Morgan fingerprint density at radius 2 is 1.81 bits per heavy atom. The van der Waals surface area contributed by atoms with Crippen molar-refractivity contribution in [3.63, 3.8) is 0 Å². The van der Waals surface area contributed by atoms with Gasteiger partial charge in [0.05, 0.1) is 0 Å². The summed E-state index contributed by atoms with van der Waals surface area (Å²) in [6, 6.07) is 5.57. The number of halogens is 1. The molecule has 1 aromatic carbocycles. The normalized spacial score (nSPS) is 9.88. The lowest BCUT2D eigenvalue weighted by Crippen LogP contribution is -2.10. The molecule has 0 aliphatic heterocycles. The first-order valence-electron chi connectivity index (χ1n) is 4.50. The van der Waals surface area contributed by atoms with Crippen LogP contribution in [0, 0.1) is 5.82 Å². The van der Waals surface area contributed by atoms with Crippen LogP contribution in [0.4, 0.5) is 10.2 Å². The third-order valence-electron chi connectivity index (χ3n) is 1.83. The zero-order valence-electron chi connectivity index (χ0n) is 8.22. The smallest absolute Gasteiger partial charge is 0.264 e. The number of nitrogens with one attached hydrogen (secondary N) is 1. The van der Waals surface area contributed by atoms with Crippen molar-refractivity contribution in [2.45, 2.75) is 0 Å². The fraction of sp³-hybridized carbons (Fsp3) is 0. The van der Waals surface area contributed by atoms with E-state index < -0.39 is 0 Å². The Balaban J connectivity index is 2.23. The molecule has 0 aliphatic rings. The van der Waals surface area contributed by atoms with Crippen molar-refractivity contribution < 1.29 is 9.13 Å². The Labute approximate surface area is 91.1 Å². The third kappa shape index (κ3) is 2.23. The molecule has 82 valence electrons. The lowest BCUT2D eigenvalue weighted by molar-refractivity contribution is 0.461. The van der Waals surface area contributed by atoms with E-state index in [0.717, 1.165) is 0 Å². The minimum absolute atomic E-state index is 0.233. The molecule has 16 heavy (non-hydrogen) atoms. The predicted molar refractivity (Wildman–Crippen MR) is 56.3 cm³/mol. The number of hydrogen-bond acceptors (Lipinski definition) is 5. The number of nitrogens with two attached hydrogens (primary N) is 1. The Morgan fingerprint density at radius 3 is 2.50 bits per heavy atom. The van der Waals surface area contributed by atoms with Crippen molar-refractivity contribution in [1.29, 1.82) is 0 Å². The van der Waals surface area contributed by atoms with Crippen molar-refractivity contribution in [3.05, 3.63) is 42.5 Å². The summed E-state index contributed by atoms with van der Waals surface area (Å²) in [6.07, 6.45) is 2.95. The second-order valence-corrected chi connectivity index (χ2v) is 2.91. The Bertz CT molecular complexity index is 475. The number of aromatic nitrogens is 2. The fourth-order valence-corrected chi connectivity index (χ4v) is 1.11. The largest absolute Gasteiger partial charge is 0.436 e. The molecule has 3 N–H and O–H groups in total. The van der Waals surface area contributed by atoms with E-state index in [2.05, 4.69) is 15.4 Å². The molecule has 2 rings (SSSR count). The van der Waals surface area contributed by atoms with Crippen molar-refractivity contribution in [3.8, 4) is 11.6 Å². The Kier molecular flexibility index (Phi) is 2.93. The molecular weight excluding hydrogens is 211 g/mol. The molecule has 0 bridgehead atoms. The van der Waals surface area contributed by atoms with Gasteiger partial charge in [0.2, 0.25) is 5.82 Å². The van der Waals surface area contributed by atoms with Crippen LogP contribution in [0.1, 0.15) is 0 Å². The predicted octanol–water partition coefficient (Wildman–Crippen LogP) is 1.69. The van der Waals surface area contributed by atoms with Crippen LogP contribution in [0.3, 0.4) is 0 Å². The summed E-state index contributed by atoms with van der Waals surface area (Å²) >= 11 is 0. The van der Waals surface area contributed by atoms with E-state index in [1.807, 2.05) is 0 Å². The van der Waals surface area contributed by atoms with Crippen LogP contribution >= 0.6 is 0 Å². The molecule has 2 aromatic rings. The first kappa shape index (κ1) is 10.3. The van der Waals surface area contributed by atoms with Gasteiger partial charge in [0.1, 0.15) is 11.6 Å². The van der Waals surface area contributed by atoms with Crippen molar-refractivity contribution in [2.75, 3.05) is 5.43 Å². The molecule has 0 saturated carbocycles. The number of benzene rings is 1. The standard InChI is InChI=1S/C10H9FN4O/c11-7-1-3-8(4-2-7)16-10-9(15-12)13-5-6-14-10/h1-6H,12H2,(H,13,15). The van der Waals surface area contributed by atoms with Crippen molar-refractivity contribution in [1.82, 2.24) is 9.97 Å². The maximum Gasteiger partial charge on any atom is 0.264 e. The highest BCUT2D eigenvalue weighted by molar-refractivity contribution is 5.45. The highest BCUT2D eigenvalue weighted by atomic mass is 19.1. The van der Waals surface area contributed by atoms with Crippen LogP contribution in [0.25, 0.3) is 0 Å². The zero-order chi connectivity index (χ0) is 11.4. The number of anilines is 1. The summed E-state index contributed by atoms with van der Waals surface area (Å²) in [7, 11) is 0. The molecule has 0 atom stereocenters. The number of nitrogen functional groups attached to an aromatic ring is 1. The molecular formula is C10H9FN4O. The van der Waals surface area contributed by atoms with Gasteiger partial charge in [0.25, 0.3) is 5.88 Å². The number of hydrazine groups is 1. The molecule has 0 aliphatic carbocycles. The highest BCUT2D eigenvalue weighted by Crippen LogP contribution is 2.23. The molecule has 5 nitrogen and oxygen atoms in total. The molecule has 1 aromatic heterocycles. The number of hydrogen-bond donors (Lipinski definition) is 2. The summed E-state index contributed by atoms with van der Waals surface area (Å²) in [6.45, 7) is 0. The van der Waals surface area contributed by atoms with Gasteiger partial charge in [-0.05, 0) is 24.3 Å². The first-order chi connectivity index (χ1) is 7.79. The van der Waals surface area contributed by atoms with Crippen LogP contribution in [-0.4, -0.2) is 9.97 Å². The van der Waals surface area contributed by atoms with E-state index in [0.29, 0.717) is 11.6 Å². The van der Waals surface area contributed by atoms with Crippen LogP contribution in [0.2, 0.25) is 0 Å². The van der Waals surface area contributed by atoms with Gasteiger partial charge in [-0.15, -0.1) is 0 Å². The second kappa shape index (κ2) is 4.54. The molecule has 1 heterocycles. The van der Waals surface area contributed by atoms with Gasteiger partial charge < -0.3 is 10.2 Å². The van der Waals surface area contributed by atoms with Crippen LogP contribution < -0.4 is 16.0 Å². The number of ether oxygens (including phenoxy) is 1. The van der Waals surface area contributed by atoms with E-state index >= 15 is 0 Å². The maximum atomic E-state index is 12.7.